The van der Waals surface area contributed by atoms with Crippen molar-refractivity contribution in [2.45, 2.75) is 46.8 Å². The number of ether oxygens (including phenoxy) is 1. The number of benzene rings is 1. The number of allylic oxidation sites excluding steroid dienone is 1. The lowest BCUT2D eigenvalue weighted by Crippen LogP contribution is -2.36. The minimum atomic E-state index is -0.576. The van der Waals surface area contributed by atoms with E-state index in [0.29, 0.717) is 11.4 Å². The largest absolute Gasteiger partial charge is 0.444 e. The van der Waals surface area contributed by atoms with E-state index in [1.807, 2.05) is 19.9 Å². The summed E-state index contributed by atoms with van der Waals surface area (Å²) in [5.41, 5.74) is 7.08. The van der Waals surface area contributed by atoms with Gasteiger partial charge in [-0.3, -0.25) is 15.0 Å². The van der Waals surface area contributed by atoms with Crippen LogP contribution in [0.15, 0.2) is 41.0 Å². The molecule has 1 aromatic rings. The van der Waals surface area contributed by atoms with Crippen LogP contribution in [0.25, 0.3) is 0 Å². The van der Waals surface area contributed by atoms with E-state index < -0.39 is 11.7 Å². The van der Waals surface area contributed by atoms with Gasteiger partial charge in [-0.15, -0.1) is 0 Å². The number of carbonyl (C=O) groups excluding carboxylic acids is 2. The van der Waals surface area contributed by atoms with Crippen LogP contribution < -0.4 is 11.1 Å². The molecule has 0 unspecified atom stereocenters. The number of hydrogen-bond acceptors (Lipinski definition) is 5. The second-order valence-electron chi connectivity index (χ2n) is 7.48. The number of anilines is 1. The lowest BCUT2D eigenvalue weighted by Gasteiger charge is -2.20. The Morgan fingerprint density at radius 2 is 2.08 bits per heavy atom. The van der Waals surface area contributed by atoms with Crippen molar-refractivity contribution >= 4 is 23.6 Å². The first-order chi connectivity index (χ1) is 12.0. The van der Waals surface area contributed by atoms with Crippen LogP contribution in [0.2, 0.25) is 0 Å². The molecule has 0 saturated carbocycles. The second-order valence-corrected chi connectivity index (χ2v) is 7.48. The molecule has 1 heterocycles. The maximum Gasteiger partial charge on any atom is 0.412 e. The third kappa shape index (κ3) is 5.34. The maximum absolute atomic E-state index is 12.4. The van der Waals surface area contributed by atoms with Gasteiger partial charge in [-0.25, -0.2) is 9.79 Å². The van der Waals surface area contributed by atoms with E-state index in [0.717, 1.165) is 5.56 Å². The van der Waals surface area contributed by atoms with Gasteiger partial charge < -0.3 is 10.5 Å². The Morgan fingerprint density at radius 1 is 1.38 bits per heavy atom. The molecule has 1 aliphatic heterocycles. The SMILES string of the molecule is CC(C)/C=C1\N=C(N)N(Cc2cccc(NC(=O)OC(C)(C)C)c2)C1=O. The molecule has 0 radical (unpaired) electrons. The monoisotopic (exact) mass is 358 g/mol. The molecule has 1 aromatic carbocycles. The Labute approximate surface area is 153 Å². The van der Waals surface area contributed by atoms with Crippen molar-refractivity contribution in [3.05, 3.63) is 41.6 Å². The van der Waals surface area contributed by atoms with Gasteiger partial charge in [-0.1, -0.05) is 32.1 Å². The van der Waals surface area contributed by atoms with Crippen LogP contribution in [0.1, 0.15) is 40.2 Å². The van der Waals surface area contributed by atoms with Gasteiger partial charge in [0.05, 0.1) is 6.54 Å². The van der Waals surface area contributed by atoms with E-state index >= 15 is 0 Å². The molecule has 0 aromatic heterocycles. The Morgan fingerprint density at radius 3 is 2.69 bits per heavy atom. The zero-order chi connectivity index (χ0) is 19.5. The number of guanidine groups is 1. The molecule has 1 aliphatic rings. The third-order valence-corrected chi connectivity index (χ3v) is 3.38. The van der Waals surface area contributed by atoms with Crippen molar-refractivity contribution in [1.29, 1.82) is 0 Å². The normalized spacial score (nSPS) is 16.2. The summed E-state index contributed by atoms with van der Waals surface area (Å²) in [5, 5.41) is 2.68. The first kappa shape index (κ1) is 19.5. The maximum atomic E-state index is 12.4. The van der Waals surface area contributed by atoms with Crippen molar-refractivity contribution < 1.29 is 14.3 Å². The summed E-state index contributed by atoms with van der Waals surface area (Å²) in [4.78, 5) is 29.9. The summed E-state index contributed by atoms with van der Waals surface area (Å²) in [6.07, 6.45) is 1.26. The van der Waals surface area contributed by atoms with E-state index in [2.05, 4.69) is 10.3 Å². The van der Waals surface area contributed by atoms with Crippen LogP contribution in [-0.4, -0.2) is 28.5 Å². The van der Waals surface area contributed by atoms with Gasteiger partial charge in [0.25, 0.3) is 5.91 Å². The smallest absolute Gasteiger partial charge is 0.412 e. The predicted molar refractivity (Wildman–Crippen MR) is 101 cm³/mol. The number of rotatable bonds is 4. The van der Waals surface area contributed by atoms with Crippen LogP contribution in [-0.2, 0) is 16.1 Å². The van der Waals surface area contributed by atoms with Gasteiger partial charge in [0, 0.05) is 5.69 Å². The molecule has 0 aliphatic carbocycles. The number of nitrogens with zero attached hydrogens (tertiary/aromatic N) is 2. The Bertz CT molecular complexity index is 760. The van der Waals surface area contributed by atoms with E-state index in [-0.39, 0.29) is 24.3 Å². The lowest BCUT2D eigenvalue weighted by atomic mass is 10.1. The van der Waals surface area contributed by atoms with Crippen molar-refractivity contribution in [2.24, 2.45) is 16.6 Å². The Balaban J connectivity index is 2.08. The topological polar surface area (TPSA) is 97.0 Å². The predicted octanol–water partition coefficient (Wildman–Crippen LogP) is 3.23. The number of hydrogen-bond donors (Lipinski definition) is 2. The van der Waals surface area contributed by atoms with Crippen LogP contribution in [0, 0.1) is 5.92 Å². The molecule has 140 valence electrons. The average Bonchev–Trinajstić information content (AvgIpc) is 2.72. The summed E-state index contributed by atoms with van der Waals surface area (Å²) in [7, 11) is 0. The second kappa shape index (κ2) is 7.59. The molecule has 0 spiro atoms. The fourth-order valence-corrected chi connectivity index (χ4v) is 2.40. The highest BCUT2D eigenvalue weighted by Crippen LogP contribution is 2.20. The fourth-order valence-electron chi connectivity index (χ4n) is 2.40. The van der Waals surface area contributed by atoms with Gasteiger partial charge in [0.15, 0.2) is 0 Å². The highest BCUT2D eigenvalue weighted by atomic mass is 16.6. The quantitative estimate of drug-likeness (QED) is 0.808. The zero-order valence-electron chi connectivity index (χ0n) is 15.9. The molecule has 0 saturated heterocycles. The van der Waals surface area contributed by atoms with E-state index in [4.69, 9.17) is 10.5 Å². The molecule has 0 bridgehead atoms. The first-order valence-electron chi connectivity index (χ1n) is 8.52. The minimum Gasteiger partial charge on any atom is -0.444 e. The van der Waals surface area contributed by atoms with Crippen molar-refractivity contribution in [3.63, 3.8) is 0 Å². The van der Waals surface area contributed by atoms with Gasteiger partial charge in [0.2, 0.25) is 5.96 Å². The van der Waals surface area contributed by atoms with Gasteiger partial charge >= 0.3 is 6.09 Å². The highest BCUT2D eigenvalue weighted by Gasteiger charge is 2.28. The zero-order valence-corrected chi connectivity index (χ0v) is 15.9. The molecule has 2 amide bonds. The number of nitrogens with two attached hydrogens (primary N) is 1. The number of nitrogens with one attached hydrogen (secondary N) is 1. The molecule has 0 atom stereocenters. The number of amides is 2. The third-order valence-electron chi connectivity index (χ3n) is 3.38. The van der Waals surface area contributed by atoms with Crippen LogP contribution in [0.3, 0.4) is 0 Å². The highest BCUT2D eigenvalue weighted by molar-refractivity contribution is 6.10. The molecule has 3 N–H and O–H groups in total. The van der Waals surface area contributed by atoms with Gasteiger partial charge in [-0.05, 0) is 44.4 Å². The molecular formula is C19H26N4O3. The van der Waals surface area contributed by atoms with Gasteiger partial charge in [-0.2, -0.15) is 0 Å². The summed E-state index contributed by atoms with van der Waals surface area (Å²) < 4.78 is 5.24. The van der Waals surface area contributed by atoms with E-state index in [1.54, 1.807) is 45.0 Å². The Hall–Kier alpha value is -2.83. The molecule has 2 rings (SSSR count). The Kier molecular flexibility index (Phi) is 5.69. The first-order valence-corrected chi connectivity index (χ1v) is 8.52. The summed E-state index contributed by atoms with van der Waals surface area (Å²) in [6.45, 7) is 9.61. The average molecular weight is 358 g/mol. The molecular weight excluding hydrogens is 332 g/mol. The molecule has 7 nitrogen and oxygen atoms in total. The van der Waals surface area contributed by atoms with Crippen molar-refractivity contribution in [3.8, 4) is 0 Å². The summed E-state index contributed by atoms with van der Waals surface area (Å²) in [5.74, 6) is 0.154. The standard InChI is InChI=1S/C19H26N4O3/c1-12(2)9-15-16(24)23(17(20)22-15)11-13-7-6-8-14(10-13)21-18(25)26-19(3,4)5/h6-10,12H,11H2,1-5H3,(H2,20,22)(H,21,25)/b15-9-. The summed E-state index contributed by atoms with van der Waals surface area (Å²) in [6, 6.07) is 7.17. The van der Waals surface area contributed by atoms with Crippen molar-refractivity contribution in [2.75, 3.05) is 5.32 Å². The van der Waals surface area contributed by atoms with Crippen LogP contribution in [0.5, 0.6) is 0 Å². The minimum absolute atomic E-state index is 0.174. The fraction of sp³-hybridized carbons (Fsp3) is 0.421. The molecule has 26 heavy (non-hydrogen) atoms. The summed E-state index contributed by atoms with van der Waals surface area (Å²) >= 11 is 0. The molecule has 7 heteroatoms. The van der Waals surface area contributed by atoms with Crippen LogP contribution >= 0.6 is 0 Å². The van der Waals surface area contributed by atoms with Crippen LogP contribution in [0.4, 0.5) is 10.5 Å². The van der Waals surface area contributed by atoms with E-state index in [9.17, 15) is 9.59 Å². The van der Waals surface area contributed by atoms with Gasteiger partial charge in [0.1, 0.15) is 11.3 Å². The van der Waals surface area contributed by atoms with Crippen molar-refractivity contribution in [1.82, 2.24) is 4.90 Å². The molecule has 0 fully saturated rings. The number of aliphatic imine (C=N–C) groups is 1. The lowest BCUT2D eigenvalue weighted by molar-refractivity contribution is -0.123. The van der Waals surface area contributed by atoms with E-state index in [1.165, 1.54) is 4.90 Å². The number of carbonyl (C=O) groups is 2.